The fourth-order valence-corrected chi connectivity index (χ4v) is 3.57. The second kappa shape index (κ2) is 8.30. The van der Waals surface area contributed by atoms with Gasteiger partial charge in [0.2, 0.25) is 0 Å². The van der Waals surface area contributed by atoms with Crippen LogP contribution in [0.1, 0.15) is 68.6 Å². The van der Waals surface area contributed by atoms with Gasteiger partial charge in [0.05, 0.1) is 16.7 Å². The Labute approximate surface area is 155 Å². The zero-order chi connectivity index (χ0) is 18.5. The Morgan fingerprint density at radius 3 is 2.92 bits per heavy atom. The number of imidazole rings is 1. The number of hydrazone groups is 1. The molecule has 0 radical (unpaired) electrons. The Balaban J connectivity index is 1.70. The van der Waals surface area contributed by atoms with Crippen LogP contribution >= 0.6 is 0 Å². The van der Waals surface area contributed by atoms with Crippen LogP contribution in [0.5, 0.6) is 0 Å². The highest BCUT2D eigenvalue weighted by Crippen LogP contribution is 2.21. The third kappa shape index (κ3) is 3.87. The molecule has 0 saturated carbocycles. The molecule has 138 valence electrons. The monoisotopic (exact) mass is 352 g/mol. The molecule has 0 saturated heterocycles. The molecule has 0 bridgehead atoms. The van der Waals surface area contributed by atoms with Gasteiger partial charge in [0.25, 0.3) is 5.91 Å². The number of carbonyl (C=O) groups is 1. The fourth-order valence-electron chi connectivity index (χ4n) is 3.57. The summed E-state index contributed by atoms with van der Waals surface area (Å²) in [5.74, 6) is 0.788. The predicted molar refractivity (Wildman–Crippen MR) is 107 cm³/mol. The Morgan fingerprint density at radius 2 is 2.15 bits per heavy atom. The van der Waals surface area contributed by atoms with Crippen molar-refractivity contribution in [2.45, 2.75) is 65.8 Å². The van der Waals surface area contributed by atoms with Crippen LogP contribution in [-0.4, -0.2) is 21.2 Å². The number of unbranched alkanes of at least 4 members (excludes halogenated alkanes) is 2. The van der Waals surface area contributed by atoms with Crippen molar-refractivity contribution in [1.82, 2.24) is 15.0 Å². The molecule has 0 fully saturated rings. The lowest BCUT2D eigenvalue weighted by Gasteiger charge is -2.06. The van der Waals surface area contributed by atoms with Gasteiger partial charge < -0.3 is 4.57 Å². The van der Waals surface area contributed by atoms with E-state index in [0.29, 0.717) is 5.56 Å². The smallest absolute Gasteiger partial charge is 0.271 e. The number of carbonyl (C=O) groups excluding carboxylic acids is 1. The Kier molecular flexibility index (Phi) is 5.86. The third-order valence-corrected chi connectivity index (χ3v) is 5.00. The first-order valence-electron chi connectivity index (χ1n) is 9.67. The lowest BCUT2D eigenvalue weighted by molar-refractivity contribution is 0.0955. The van der Waals surface area contributed by atoms with Gasteiger partial charge in [-0.15, -0.1) is 0 Å². The maximum atomic E-state index is 12.5. The van der Waals surface area contributed by atoms with E-state index in [9.17, 15) is 4.79 Å². The van der Waals surface area contributed by atoms with Gasteiger partial charge in [-0.05, 0) is 63.3 Å². The van der Waals surface area contributed by atoms with Gasteiger partial charge in [0, 0.05) is 12.1 Å². The van der Waals surface area contributed by atoms with Crippen LogP contribution in [-0.2, 0) is 6.54 Å². The topological polar surface area (TPSA) is 59.3 Å². The number of nitrogens with one attached hydrogen (secondary N) is 1. The van der Waals surface area contributed by atoms with E-state index in [0.717, 1.165) is 48.4 Å². The maximum Gasteiger partial charge on any atom is 0.271 e. The van der Waals surface area contributed by atoms with Gasteiger partial charge in [-0.1, -0.05) is 25.8 Å². The number of allylic oxidation sites excluding steroid dienone is 2. The lowest BCUT2D eigenvalue weighted by atomic mass is 10.1. The molecule has 2 aromatic rings. The SMILES string of the molecule is CCCCCC1=CCCC1=NNC(=O)c1ccc2c(c1)nc(C)n2CC. The van der Waals surface area contributed by atoms with Crippen LogP contribution in [0.15, 0.2) is 34.9 Å². The molecule has 1 heterocycles. The summed E-state index contributed by atoms with van der Waals surface area (Å²) < 4.78 is 2.14. The van der Waals surface area contributed by atoms with E-state index >= 15 is 0 Å². The van der Waals surface area contributed by atoms with E-state index in [1.165, 1.54) is 24.8 Å². The summed E-state index contributed by atoms with van der Waals surface area (Å²) in [5.41, 5.74) is 7.57. The van der Waals surface area contributed by atoms with E-state index in [2.05, 4.69) is 40.0 Å². The van der Waals surface area contributed by atoms with Crippen molar-refractivity contribution in [2.75, 3.05) is 0 Å². The summed E-state index contributed by atoms with van der Waals surface area (Å²) in [5, 5.41) is 4.40. The molecule has 1 aliphatic rings. The first-order chi connectivity index (χ1) is 12.6. The van der Waals surface area contributed by atoms with Crippen molar-refractivity contribution in [3.63, 3.8) is 0 Å². The molecule has 0 aliphatic heterocycles. The van der Waals surface area contributed by atoms with Crippen molar-refractivity contribution < 1.29 is 4.79 Å². The number of nitrogens with zero attached hydrogens (tertiary/aromatic N) is 3. The fraction of sp³-hybridized carbons (Fsp3) is 0.476. The van der Waals surface area contributed by atoms with Gasteiger partial charge in [-0.2, -0.15) is 5.10 Å². The van der Waals surface area contributed by atoms with E-state index in [1.807, 2.05) is 25.1 Å². The highest BCUT2D eigenvalue weighted by Gasteiger charge is 2.15. The first-order valence-corrected chi connectivity index (χ1v) is 9.67. The summed E-state index contributed by atoms with van der Waals surface area (Å²) in [6.45, 7) is 7.16. The van der Waals surface area contributed by atoms with Crippen molar-refractivity contribution in [3.8, 4) is 0 Å². The molecule has 5 heteroatoms. The van der Waals surface area contributed by atoms with Crippen LogP contribution in [0.2, 0.25) is 0 Å². The lowest BCUT2D eigenvalue weighted by Crippen LogP contribution is -2.19. The van der Waals surface area contributed by atoms with Crippen LogP contribution in [0.3, 0.4) is 0 Å². The number of hydrogen-bond acceptors (Lipinski definition) is 3. The number of fused-ring (bicyclic) bond motifs is 1. The van der Waals surface area contributed by atoms with E-state index in [1.54, 1.807) is 0 Å². The van der Waals surface area contributed by atoms with Crippen molar-refractivity contribution in [2.24, 2.45) is 5.10 Å². The molecule has 1 N–H and O–H groups in total. The number of hydrogen-bond donors (Lipinski definition) is 1. The number of rotatable bonds is 7. The quantitative estimate of drug-likeness (QED) is 0.577. The van der Waals surface area contributed by atoms with Crippen LogP contribution in [0.25, 0.3) is 11.0 Å². The molecule has 1 amide bonds. The van der Waals surface area contributed by atoms with E-state index < -0.39 is 0 Å². The van der Waals surface area contributed by atoms with Gasteiger partial charge in [-0.3, -0.25) is 4.79 Å². The average Bonchev–Trinajstić information content (AvgIpc) is 3.21. The van der Waals surface area contributed by atoms with E-state index in [4.69, 9.17) is 0 Å². The standard InChI is InChI=1S/C21H28N4O/c1-4-6-7-9-16-10-8-11-18(16)23-24-21(26)17-12-13-20-19(14-17)22-15(3)25(20)5-2/h10,12-14H,4-9,11H2,1-3H3,(H,24,26). The van der Waals surface area contributed by atoms with Gasteiger partial charge in [0.1, 0.15) is 5.82 Å². The van der Waals surface area contributed by atoms with Crippen LogP contribution in [0.4, 0.5) is 0 Å². The molecule has 1 aromatic heterocycles. The summed E-state index contributed by atoms with van der Waals surface area (Å²) in [4.78, 5) is 17.1. The minimum atomic E-state index is -0.178. The number of aryl methyl sites for hydroxylation is 2. The average molecular weight is 352 g/mol. The molecular formula is C21H28N4O. The van der Waals surface area contributed by atoms with Crippen molar-refractivity contribution >= 4 is 22.7 Å². The van der Waals surface area contributed by atoms with Crippen LogP contribution in [0, 0.1) is 6.92 Å². The van der Waals surface area contributed by atoms with Crippen LogP contribution < -0.4 is 5.43 Å². The molecule has 0 atom stereocenters. The predicted octanol–water partition coefficient (Wildman–Crippen LogP) is 4.75. The molecule has 26 heavy (non-hydrogen) atoms. The molecular weight excluding hydrogens is 324 g/mol. The molecule has 1 aliphatic carbocycles. The molecule has 0 unspecified atom stereocenters. The molecule has 5 nitrogen and oxygen atoms in total. The zero-order valence-electron chi connectivity index (χ0n) is 16.0. The van der Waals surface area contributed by atoms with Crippen molar-refractivity contribution in [3.05, 3.63) is 41.2 Å². The van der Waals surface area contributed by atoms with Crippen molar-refractivity contribution in [1.29, 1.82) is 0 Å². The summed E-state index contributed by atoms with van der Waals surface area (Å²) in [6, 6.07) is 5.65. The summed E-state index contributed by atoms with van der Waals surface area (Å²) in [6.07, 6.45) is 8.89. The Bertz CT molecular complexity index is 860. The highest BCUT2D eigenvalue weighted by molar-refractivity contribution is 6.04. The minimum absolute atomic E-state index is 0.178. The first kappa shape index (κ1) is 18.4. The molecule has 0 spiro atoms. The summed E-state index contributed by atoms with van der Waals surface area (Å²) in [7, 11) is 0. The number of benzene rings is 1. The number of aromatic nitrogens is 2. The third-order valence-electron chi connectivity index (χ3n) is 5.00. The second-order valence-corrected chi connectivity index (χ2v) is 6.83. The van der Waals surface area contributed by atoms with E-state index in [-0.39, 0.29) is 5.91 Å². The van der Waals surface area contributed by atoms with Gasteiger partial charge in [-0.25, -0.2) is 10.4 Å². The molecule has 1 aromatic carbocycles. The zero-order valence-corrected chi connectivity index (χ0v) is 16.0. The maximum absolute atomic E-state index is 12.5. The Hall–Kier alpha value is -2.43. The second-order valence-electron chi connectivity index (χ2n) is 6.83. The van der Waals surface area contributed by atoms with Gasteiger partial charge >= 0.3 is 0 Å². The minimum Gasteiger partial charge on any atom is -0.329 e. The van der Waals surface area contributed by atoms with Gasteiger partial charge in [0.15, 0.2) is 0 Å². The largest absolute Gasteiger partial charge is 0.329 e. The summed E-state index contributed by atoms with van der Waals surface area (Å²) >= 11 is 0. The normalized spacial score (nSPS) is 15.7. The number of amides is 1. The highest BCUT2D eigenvalue weighted by atomic mass is 16.2. The Morgan fingerprint density at radius 1 is 1.31 bits per heavy atom. The molecule has 3 rings (SSSR count).